The van der Waals surface area contributed by atoms with Gasteiger partial charge < -0.3 is 10.2 Å². The number of carbonyl (C=O) groups excluding carboxylic acids is 2. The van der Waals surface area contributed by atoms with Crippen LogP contribution in [0.4, 0.5) is 11.4 Å². The Hall–Kier alpha value is -2.89. The molecule has 2 aromatic carbocycles. The molecular weight excluding hydrogens is 531 g/mol. The van der Waals surface area contributed by atoms with Gasteiger partial charge in [-0.3, -0.25) is 24.0 Å². The van der Waals surface area contributed by atoms with Crippen LogP contribution in [0.2, 0.25) is 10.0 Å². The molecule has 0 saturated carbocycles. The fraction of sp³-hybridized carbons (Fsp3) is 0.391. The summed E-state index contributed by atoms with van der Waals surface area (Å²) in [6.45, 7) is 4.52. The first-order valence-electron chi connectivity index (χ1n) is 11.0. The van der Waals surface area contributed by atoms with Gasteiger partial charge in [-0.2, -0.15) is 0 Å². The monoisotopic (exact) mass is 558 g/mol. The maximum absolute atomic E-state index is 13.5. The molecule has 2 atom stereocenters. The highest BCUT2D eigenvalue weighted by Crippen LogP contribution is 2.26. The summed E-state index contributed by atoms with van der Waals surface area (Å²) >= 11 is 12.1. The van der Waals surface area contributed by atoms with Crippen molar-refractivity contribution in [1.82, 2.24) is 10.2 Å². The van der Waals surface area contributed by atoms with Gasteiger partial charge in [0.1, 0.15) is 12.6 Å². The Bertz CT molecular complexity index is 1240. The molecule has 0 radical (unpaired) electrons. The van der Waals surface area contributed by atoms with Crippen molar-refractivity contribution in [2.24, 2.45) is 0 Å². The van der Waals surface area contributed by atoms with Gasteiger partial charge >= 0.3 is 0 Å². The molecular formula is C23H28Cl2N4O6S. The van der Waals surface area contributed by atoms with Gasteiger partial charge in [-0.25, -0.2) is 8.42 Å². The summed E-state index contributed by atoms with van der Waals surface area (Å²) in [5.41, 5.74) is 0.191. The summed E-state index contributed by atoms with van der Waals surface area (Å²) in [7, 11) is -4.02. The maximum atomic E-state index is 13.5. The first kappa shape index (κ1) is 29.3. The van der Waals surface area contributed by atoms with Gasteiger partial charge in [0.05, 0.1) is 26.9 Å². The molecule has 2 amide bonds. The lowest BCUT2D eigenvalue weighted by Gasteiger charge is -2.32. The van der Waals surface area contributed by atoms with E-state index in [4.69, 9.17) is 23.2 Å². The molecule has 2 rings (SSSR count). The average molecular weight is 559 g/mol. The van der Waals surface area contributed by atoms with Gasteiger partial charge in [0.25, 0.3) is 5.69 Å². The summed E-state index contributed by atoms with van der Waals surface area (Å²) in [4.78, 5) is 38.1. The molecule has 0 aliphatic heterocycles. The molecule has 0 bridgehead atoms. The van der Waals surface area contributed by atoms with Crippen molar-refractivity contribution >= 4 is 56.4 Å². The third kappa shape index (κ3) is 7.81. The molecule has 1 N–H and O–H groups in total. The van der Waals surface area contributed by atoms with Crippen LogP contribution in [0, 0.1) is 10.1 Å². The standard InChI is InChI=1S/C23H28Cl2N4O6S/c1-5-15(2)26-23(31)16(3)27(13-17-9-10-20(24)21(25)11-17)22(30)14-28(36(4,34)35)18-7-6-8-19(12-18)29(32)33/h6-12,15-16H,5,13-14H2,1-4H3,(H,26,31)/t15-,16+/m1/s1. The predicted octanol–water partition coefficient (Wildman–Crippen LogP) is 4.00. The Morgan fingerprint density at radius 1 is 1.11 bits per heavy atom. The molecule has 2 aromatic rings. The van der Waals surface area contributed by atoms with Crippen molar-refractivity contribution < 1.29 is 22.9 Å². The van der Waals surface area contributed by atoms with E-state index in [0.29, 0.717) is 17.0 Å². The van der Waals surface area contributed by atoms with E-state index in [1.54, 1.807) is 18.2 Å². The summed E-state index contributed by atoms with van der Waals surface area (Å²) in [5.74, 6) is -1.11. The van der Waals surface area contributed by atoms with Crippen LogP contribution >= 0.6 is 23.2 Å². The summed E-state index contributed by atoms with van der Waals surface area (Å²) in [5, 5.41) is 14.6. The van der Waals surface area contributed by atoms with E-state index in [1.807, 2.05) is 13.8 Å². The molecule has 36 heavy (non-hydrogen) atoms. The minimum absolute atomic E-state index is 0.0498. The second-order valence-electron chi connectivity index (χ2n) is 8.31. The molecule has 0 aromatic heterocycles. The number of nitrogens with one attached hydrogen (secondary N) is 1. The van der Waals surface area contributed by atoms with E-state index < -0.39 is 39.3 Å². The molecule has 10 nitrogen and oxygen atoms in total. The maximum Gasteiger partial charge on any atom is 0.271 e. The average Bonchev–Trinajstić information content (AvgIpc) is 2.81. The van der Waals surface area contributed by atoms with Crippen LogP contribution in [-0.4, -0.2) is 54.9 Å². The second kappa shape index (κ2) is 12.4. The number of hydrogen-bond acceptors (Lipinski definition) is 6. The van der Waals surface area contributed by atoms with Crippen LogP contribution in [0.15, 0.2) is 42.5 Å². The number of halogens is 2. The summed E-state index contributed by atoms with van der Waals surface area (Å²) < 4.78 is 25.9. The zero-order chi connectivity index (χ0) is 27.2. The van der Waals surface area contributed by atoms with Crippen molar-refractivity contribution in [3.63, 3.8) is 0 Å². The lowest BCUT2D eigenvalue weighted by molar-refractivity contribution is -0.384. The Labute approximate surface area is 220 Å². The van der Waals surface area contributed by atoms with Crippen LogP contribution < -0.4 is 9.62 Å². The number of carbonyl (C=O) groups is 2. The minimum Gasteiger partial charge on any atom is -0.352 e. The highest BCUT2D eigenvalue weighted by molar-refractivity contribution is 7.92. The van der Waals surface area contributed by atoms with Gasteiger partial charge in [-0.15, -0.1) is 0 Å². The lowest BCUT2D eigenvalue weighted by atomic mass is 10.1. The second-order valence-corrected chi connectivity index (χ2v) is 11.0. The van der Waals surface area contributed by atoms with E-state index in [1.165, 1.54) is 30.0 Å². The fourth-order valence-corrected chi connectivity index (χ4v) is 4.42. The third-order valence-corrected chi connectivity index (χ3v) is 7.39. The first-order chi connectivity index (χ1) is 16.7. The Morgan fingerprint density at radius 3 is 2.33 bits per heavy atom. The number of sulfonamides is 1. The van der Waals surface area contributed by atoms with Crippen molar-refractivity contribution in [3.05, 3.63) is 68.2 Å². The van der Waals surface area contributed by atoms with E-state index in [9.17, 15) is 28.1 Å². The highest BCUT2D eigenvalue weighted by Gasteiger charge is 2.31. The van der Waals surface area contributed by atoms with Gasteiger partial charge in [0, 0.05) is 24.7 Å². The topological polar surface area (TPSA) is 130 Å². The SMILES string of the molecule is CC[C@@H](C)NC(=O)[C@H](C)N(Cc1ccc(Cl)c(Cl)c1)C(=O)CN(c1cccc([N+](=O)[O-])c1)S(C)(=O)=O. The summed E-state index contributed by atoms with van der Waals surface area (Å²) in [6, 6.07) is 8.60. The van der Waals surface area contributed by atoms with Crippen molar-refractivity contribution in [2.75, 3.05) is 17.1 Å². The molecule has 0 spiro atoms. The predicted molar refractivity (Wildman–Crippen MR) is 140 cm³/mol. The van der Waals surface area contributed by atoms with E-state index in [2.05, 4.69) is 5.32 Å². The lowest BCUT2D eigenvalue weighted by Crippen LogP contribution is -2.52. The van der Waals surface area contributed by atoms with Crippen molar-refractivity contribution in [3.8, 4) is 0 Å². The minimum atomic E-state index is -4.02. The molecule has 0 saturated heterocycles. The Morgan fingerprint density at radius 2 is 1.78 bits per heavy atom. The van der Waals surface area contributed by atoms with Crippen LogP contribution in [0.25, 0.3) is 0 Å². The van der Waals surface area contributed by atoms with Crippen LogP contribution in [-0.2, 0) is 26.2 Å². The largest absolute Gasteiger partial charge is 0.352 e. The molecule has 0 unspecified atom stereocenters. The quantitative estimate of drug-likeness (QED) is 0.327. The van der Waals surface area contributed by atoms with Crippen molar-refractivity contribution in [1.29, 1.82) is 0 Å². The number of amides is 2. The fourth-order valence-electron chi connectivity index (χ4n) is 3.26. The number of nitrogens with zero attached hydrogens (tertiary/aromatic N) is 3. The number of nitro benzene ring substituents is 1. The van der Waals surface area contributed by atoms with E-state index in [-0.39, 0.29) is 29.0 Å². The first-order valence-corrected chi connectivity index (χ1v) is 13.6. The van der Waals surface area contributed by atoms with Gasteiger partial charge in [0.15, 0.2) is 0 Å². The number of rotatable bonds is 11. The van der Waals surface area contributed by atoms with E-state index in [0.717, 1.165) is 16.6 Å². The molecule has 196 valence electrons. The Balaban J connectivity index is 2.45. The molecule has 13 heteroatoms. The third-order valence-electron chi connectivity index (χ3n) is 5.51. The summed E-state index contributed by atoms with van der Waals surface area (Å²) in [6.07, 6.45) is 1.56. The zero-order valence-electron chi connectivity index (χ0n) is 20.3. The highest BCUT2D eigenvalue weighted by atomic mass is 35.5. The molecule has 0 aliphatic carbocycles. The van der Waals surface area contributed by atoms with Gasteiger partial charge in [0.2, 0.25) is 21.8 Å². The number of anilines is 1. The zero-order valence-corrected chi connectivity index (χ0v) is 22.6. The van der Waals surface area contributed by atoms with Gasteiger partial charge in [-0.05, 0) is 44.0 Å². The number of non-ortho nitro benzene ring substituents is 1. The van der Waals surface area contributed by atoms with Crippen LogP contribution in [0.1, 0.15) is 32.8 Å². The number of hydrogen-bond donors (Lipinski definition) is 1. The van der Waals surface area contributed by atoms with Crippen LogP contribution in [0.3, 0.4) is 0 Å². The number of nitro groups is 1. The smallest absolute Gasteiger partial charge is 0.271 e. The Kier molecular flexibility index (Phi) is 10.1. The molecule has 0 heterocycles. The molecule has 0 fully saturated rings. The van der Waals surface area contributed by atoms with E-state index >= 15 is 0 Å². The van der Waals surface area contributed by atoms with Gasteiger partial charge in [-0.1, -0.05) is 42.3 Å². The number of benzene rings is 2. The van der Waals surface area contributed by atoms with Crippen molar-refractivity contribution in [2.45, 2.75) is 45.8 Å². The van der Waals surface area contributed by atoms with Crippen LogP contribution in [0.5, 0.6) is 0 Å². The normalized spacial score (nSPS) is 12.9. The molecule has 0 aliphatic rings.